The van der Waals surface area contributed by atoms with E-state index in [1.165, 1.54) is 32.7 Å². The molecule has 0 atom stereocenters. The first-order valence-corrected chi connectivity index (χ1v) is 6.90. The van der Waals surface area contributed by atoms with Gasteiger partial charge in [0.25, 0.3) is 0 Å². The molecule has 0 spiro atoms. The molecule has 0 aliphatic rings. The van der Waals surface area contributed by atoms with Crippen LogP contribution < -0.4 is 0 Å². The largest absolute Gasteiger partial charge is 0.357 e. The summed E-state index contributed by atoms with van der Waals surface area (Å²) in [5, 5.41) is 5.18. The number of nitrogens with zero attached hydrogens (tertiary/aromatic N) is 2. The summed E-state index contributed by atoms with van der Waals surface area (Å²) in [6, 6.07) is 10.6. The van der Waals surface area contributed by atoms with E-state index in [1.807, 2.05) is 0 Å². The van der Waals surface area contributed by atoms with Crippen LogP contribution in [0.25, 0.3) is 32.6 Å². The minimum absolute atomic E-state index is 0. The highest BCUT2D eigenvalue weighted by Gasteiger charge is 2.14. The monoisotopic (exact) mass is 388 g/mol. The average molecular weight is 388 g/mol. The molecule has 21 heavy (non-hydrogen) atoms. The fourth-order valence-corrected chi connectivity index (χ4v) is 3.22. The first kappa shape index (κ1) is 14.3. The van der Waals surface area contributed by atoms with Crippen LogP contribution in [-0.4, -0.2) is 9.55 Å². The molecular formula is C18H17IN2. The van der Waals surface area contributed by atoms with Gasteiger partial charge in [0, 0.05) is 35.6 Å². The molecule has 0 bridgehead atoms. The molecule has 0 aliphatic carbocycles. The van der Waals surface area contributed by atoms with Gasteiger partial charge in [-0.25, -0.2) is 4.98 Å². The normalized spacial score (nSPS) is 11.2. The Balaban J connectivity index is 0.00000132. The number of rotatable bonds is 0. The molecular weight excluding hydrogens is 371 g/mol. The molecule has 4 aromatic rings. The van der Waals surface area contributed by atoms with E-state index >= 15 is 0 Å². The van der Waals surface area contributed by atoms with E-state index in [2.05, 4.69) is 68.2 Å². The summed E-state index contributed by atoms with van der Waals surface area (Å²) in [6.07, 6.45) is 4.31. The van der Waals surface area contributed by atoms with Gasteiger partial charge < -0.3 is 4.57 Å². The minimum atomic E-state index is 0. The lowest BCUT2D eigenvalue weighted by atomic mass is 9.97. The van der Waals surface area contributed by atoms with Crippen molar-refractivity contribution in [3.63, 3.8) is 0 Å². The van der Waals surface area contributed by atoms with Gasteiger partial charge in [-0.15, -0.1) is 24.0 Å². The van der Waals surface area contributed by atoms with Crippen LogP contribution in [0.1, 0.15) is 11.1 Å². The van der Waals surface area contributed by atoms with Gasteiger partial charge in [-0.05, 0) is 42.5 Å². The molecule has 2 nitrogen and oxygen atoms in total. The molecule has 106 valence electrons. The number of aromatic nitrogens is 2. The lowest BCUT2D eigenvalue weighted by Crippen LogP contribution is -1.92. The van der Waals surface area contributed by atoms with Gasteiger partial charge in [-0.2, -0.15) is 0 Å². The van der Waals surface area contributed by atoms with Gasteiger partial charge in [0.1, 0.15) is 0 Å². The Hall–Kier alpha value is -1.62. The summed E-state index contributed by atoms with van der Waals surface area (Å²) in [4.78, 5) is 4.84. The molecule has 0 N–H and O–H groups in total. The van der Waals surface area contributed by atoms with Crippen molar-refractivity contribution in [2.75, 3.05) is 0 Å². The smallest absolute Gasteiger partial charge is 0.0754 e. The number of aryl methyl sites for hydroxylation is 3. The predicted octanol–water partition coefficient (Wildman–Crippen LogP) is 5.11. The maximum Gasteiger partial charge on any atom is 0.0754 e. The number of pyridine rings is 1. The Morgan fingerprint density at radius 3 is 2.48 bits per heavy atom. The maximum atomic E-state index is 4.84. The summed E-state index contributed by atoms with van der Waals surface area (Å²) in [5.41, 5.74) is 4.83. The Morgan fingerprint density at radius 2 is 1.67 bits per heavy atom. The van der Waals surface area contributed by atoms with Gasteiger partial charge >= 0.3 is 0 Å². The van der Waals surface area contributed by atoms with Crippen molar-refractivity contribution in [2.45, 2.75) is 13.8 Å². The first-order chi connectivity index (χ1) is 9.66. The quantitative estimate of drug-likeness (QED) is 0.383. The van der Waals surface area contributed by atoms with Crippen LogP contribution in [0.2, 0.25) is 0 Å². The van der Waals surface area contributed by atoms with E-state index in [0.717, 1.165) is 11.0 Å². The van der Waals surface area contributed by atoms with Crippen molar-refractivity contribution >= 4 is 56.6 Å². The molecule has 0 fully saturated rings. The van der Waals surface area contributed by atoms with E-state index < -0.39 is 0 Å². The van der Waals surface area contributed by atoms with E-state index in [4.69, 9.17) is 4.98 Å². The summed E-state index contributed by atoms with van der Waals surface area (Å²) >= 11 is 0. The first-order valence-electron chi connectivity index (χ1n) is 6.90. The Morgan fingerprint density at radius 1 is 0.905 bits per heavy atom. The molecule has 2 aromatic carbocycles. The van der Waals surface area contributed by atoms with Crippen LogP contribution in [0.5, 0.6) is 0 Å². The van der Waals surface area contributed by atoms with Crippen molar-refractivity contribution in [3.8, 4) is 0 Å². The van der Waals surface area contributed by atoms with Gasteiger partial charge in [-0.3, -0.25) is 0 Å². The SMILES string of the molecule is Cc1c2ccn(C)cc2c(C)c2c1nc1ccccc12.I. The van der Waals surface area contributed by atoms with Gasteiger partial charge in [0.05, 0.1) is 11.0 Å². The molecule has 2 heterocycles. The lowest BCUT2D eigenvalue weighted by molar-refractivity contribution is 0.913. The summed E-state index contributed by atoms with van der Waals surface area (Å²) in [6.45, 7) is 4.38. The minimum Gasteiger partial charge on any atom is -0.357 e. The number of benzene rings is 2. The van der Waals surface area contributed by atoms with Gasteiger partial charge in [-0.1, -0.05) is 18.2 Å². The highest BCUT2D eigenvalue weighted by Crippen LogP contribution is 2.36. The number of hydrogen-bond acceptors (Lipinski definition) is 1. The lowest BCUT2D eigenvalue weighted by Gasteiger charge is -2.10. The third-order valence-corrected chi connectivity index (χ3v) is 4.28. The summed E-state index contributed by atoms with van der Waals surface area (Å²) in [5.74, 6) is 0. The standard InChI is InChI=1S/C18H16N2.HI/c1-11-15-10-20(3)9-8-13(15)12(2)18-17(11)14-6-4-5-7-16(14)19-18;/h4-10H,1-3H3;1H. The van der Waals surface area contributed by atoms with Crippen LogP contribution >= 0.6 is 24.0 Å². The second-order valence-electron chi connectivity index (χ2n) is 5.54. The molecule has 0 saturated heterocycles. The van der Waals surface area contributed by atoms with Crippen molar-refractivity contribution in [1.29, 1.82) is 0 Å². The van der Waals surface area contributed by atoms with E-state index in [0.29, 0.717) is 0 Å². The fourth-order valence-electron chi connectivity index (χ4n) is 3.22. The Bertz CT molecular complexity index is 983. The molecule has 0 aliphatic heterocycles. The van der Waals surface area contributed by atoms with E-state index in [-0.39, 0.29) is 24.0 Å². The molecule has 4 rings (SSSR count). The van der Waals surface area contributed by atoms with Crippen LogP contribution in [0.4, 0.5) is 0 Å². The van der Waals surface area contributed by atoms with Gasteiger partial charge in [0.15, 0.2) is 0 Å². The average Bonchev–Trinajstić information content (AvgIpc) is 2.84. The molecule has 0 unspecified atom stereocenters. The molecule has 0 saturated carbocycles. The van der Waals surface area contributed by atoms with E-state index in [9.17, 15) is 0 Å². The maximum absolute atomic E-state index is 4.84. The number of fused-ring (bicyclic) bond motifs is 4. The Labute approximate surface area is 140 Å². The highest BCUT2D eigenvalue weighted by atomic mass is 127. The summed E-state index contributed by atoms with van der Waals surface area (Å²) < 4.78 is 2.11. The van der Waals surface area contributed by atoms with Crippen molar-refractivity contribution < 1.29 is 0 Å². The predicted molar refractivity (Wildman–Crippen MR) is 101 cm³/mol. The summed E-state index contributed by atoms with van der Waals surface area (Å²) in [7, 11) is 2.07. The number of hydrogen-bond donors (Lipinski definition) is 0. The zero-order valence-corrected chi connectivity index (χ0v) is 14.7. The van der Waals surface area contributed by atoms with E-state index in [1.54, 1.807) is 0 Å². The molecule has 0 amide bonds. The van der Waals surface area contributed by atoms with Crippen molar-refractivity contribution in [2.24, 2.45) is 7.05 Å². The Kier molecular flexibility index (Phi) is 3.40. The zero-order valence-electron chi connectivity index (χ0n) is 12.3. The molecule has 0 radical (unpaired) electrons. The van der Waals surface area contributed by atoms with Crippen molar-refractivity contribution in [1.82, 2.24) is 9.55 Å². The zero-order chi connectivity index (χ0) is 13.9. The number of para-hydroxylation sites is 1. The topological polar surface area (TPSA) is 17.8 Å². The third-order valence-electron chi connectivity index (χ3n) is 4.28. The fraction of sp³-hybridized carbons (Fsp3) is 0.167. The van der Waals surface area contributed by atoms with Crippen LogP contribution in [0, 0.1) is 13.8 Å². The third kappa shape index (κ3) is 1.94. The molecule has 2 aromatic heterocycles. The highest BCUT2D eigenvalue weighted by molar-refractivity contribution is 14.0. The van der Waals surface area contributed by atoms with Gasteiger partial charge in [0.2, 0.25) is 0 Å². The second-order valence-corrected chi connectivity index (χ2v) is 5.54. The van der Waals surface area contributed by atoms with Crippen LogP contribution in [-0.2, 0) is 7.05 Å². The van der Waals surface area contributed by atoms with Crippen LogP contribution in [0.15, 0.2) is 42.7 Å². The molecule has 3 heteroatoms. The van der Waals surface area contributed by atoms with Crippen molar-refractivity contribution in [3.05, 3.63) is 53.9 Å². The number of halogens is 1. The van der Waals surface area contributed by atoms with Crippen LogP contribution in [0.3, 0.4) is 0 Å². The second kappa shape index (κ2) is 4.98.